The normalized spacial score (nSPS) is 10.5. The zero-order valence-corrected chi connectivity index (χ0v) is 9.90. The van der Waals surface area contributed by atoms with Crippen LogP contribution in [-0.2, 0) is 6.54 Å². The van der Waals surface area contributed by atoms with E-state index in [9.17, 15) is 5.11 Å². The Hall–Kier alpha value is -1.29. The van der Waals surface area contributed by atoms with E-state index in [2.05, 4.69) is 20.9 Å². The average molecular weight is 267 g/mol. The molecule has 0 fully saturated rings. The van der Waals surface area contributed by atoms with Crippen LogP contribution in [0.15, 0.2) is 35.2 Å². The molecule has 0 saturated heterocycles. The molecule has 0 aliphatic rings. The van der Waals surface area contributed by atoms with Gasteiger partial charge in [0.1, 0.15) is 5.75 Å². The Morgan fingerprint density at radius 1 is 1.40 bits per heavy atom. The number of hydrogen-bond donors (Lipinski definition) is 1. The minimum atomic E-state index is 0.277. The van der Waals surface area contributed by atoms with Crippen LogP contribution in [0.3, 0.4) is 0 Å². The van der Waals surface area contributed by atoms with Crippen LogP contribution in [0.1, 0.15) is 6.92 Å². The molecule has 0 saturated carbocycles. The van der Waals surface area contributed by atoms with E-state index in [1.54, 1.807) is 18.3 Å². The maximum absolute atomic E-state index is 9.74. The summed E-state index contributed by atoms with van der Waals surface area (Å²) in [5, 5.41) is 9.74. The lowest BCUT2D eigenvalue weighted by atomic mass is 10.1. The van der Waals surface area contributed by atoms with Gasteiger partial charge in [-0.2, -0.15) is 0 Å². The first kappa shape index (κ1) is 10.2. The molecule has 0 radical (unpaired) electrons. The summed E-state index contributed by atoms with van der Waals surface area (Å²) in [6.45, 7) is 2.85. The molecular weight excluding hydrogens is 256 g/mol. The molecule has 1 N–H and O–H groups in total. The smallest absolute Gasteiger partial charge is 0.177 e. The third-order valence-corrected chi connectivity index (χ3v) is 2.94. The molecule has 1 aromatic heterocycles. The monoisotopic (exact) mass is 266 g/mol. The minimum Gasteiger partial charge on any atom is -0.507 e. The van der Waals surface area contributed by atoms with Crippen LogP contribution < -0.4 is 0 Å². The van der Waals surface area contributed by atoms with Crippen LogP contribution in [0, 0.1) is 0 Å². The van der Waals surface area contributed by atoms with E-state index < -0.39 is 0 Å². The topological polar surface area (TPSA) is 38.0 Å². The third-order valence-electron chi connectivity index (χ3n) is 2.30. The Kier molecular flexibility index (Phi) is 2.77. The lowest BCUT2D eigenvalue weighted by Gasteiger charge is -2.07. The molecule has 0 aliphatic carbocycles. The molecule has 0 amide bonds. The Bertz CT molecular complexity index is 479. The van der Waals surface area contributed by atoms with Crippen molar-refractivity contribution in [2.24, 2.45) is 0 Å². The highest BCUT2D eigenvalue weighted by molar-refractivity contribution is 9.10. The van der Waals surface area contributed by atoms with E-state index in [0.29, 0.717) is 0 Å². The van der Waals surface area contributed by atoms with Crippen LogP contribution >= 0.6 is 15.9 Å². The molecule has 1 heterocycles. The van der Waals surface area contributed by atoms with E-state index in [1.807, 2.05) is 23.6 Å². The highest BCUT2D eigenvalue weighted by Gasteiger charge is 2.10. The molecule has 1 aromatic carbocycles. The largest absolute Gasteiger partial charge is 0.507 e. The number of halogens is 1. The molecule has 0 atom stereocenters. The van der Waals surface area contributed by atoms with Crippen molar-refractivity contribution in [2.75, 3.05) is 0 Å². The second-order valence-electron chi connectivity index (χ2n) is 3.17. The maximum atomic E-state index is 9.74. The van der Waals surface area contributed by atoms with Crippen molar-refractivity contribution in [3.8, 4) is 17.0 Å². The number of phenolic OH excluding ortho intramolecular Hbond substituents is 1. The van der Waals surface area contributed by atoms with Crippen molar-refractivity contribution >= 4 is 15.9 Å². The highest BCUT2D eigenvalue weighted by Crippen LogP contribution is 2.30. The second kappa shape index (κ2) is 4.06. The van der Waals surface area contributed by atoms with Crippen LogP contribution in [0.4, 0.5) is 0 Å². The molecule has 0 unspecified atom stereocenters. The van der Waals surface area contributed by atoms with Crippen LogP contribution in [-0.4, -0.2) is 14.7 Å². The summed E-state index contributed by atoms with van der Waals surface area (Å²) in [6.07, 6.45) is 1.75. The number of hydrogen-bond acceptors (Lipinski definition) is 2. The van der Waals surface area contributed by atoms with E-state index in [4.69, 9.17) is 0 Å². The molecule has 3 nitrogen and oxygen atoms in total. The minimum absolute atomic E-state index is 0.277. The first-order chi connectivity index (χ1) is 7.24. The molecule has 15 heavy (non-hydrogen) atoms. The van der Waals surface area contributed by atoms with Crippen LogP contribution in [0.5, 0.6) is 5.75 Å². The van der Waals surface area contributed by atoms with Gasteiger partial charge in [-0.3, -0.25) is 0 Å². The molecule has 4 heteroatoms. The summed E-state index contributed by atoms with van der Waals surface area (Å²) < 4.78 is 2.78. The molecule has 2 rings (SSSR count). The quantitative estimate of drug-likeness (QED) is 0.908. The summed E-state index contributed by atoms with van der Waals surface area (Å²) in [5.41, 5.74) is 1.72. The fourth-order valence-electron chi connectivity index (χ4n) is 1.56. The summed E-state index contributed by atoms with van der Waals surface area (Å²) in [6, 6.07) is 7.26. The fourth-order valence-corrected chi connectivity index (χ4v) is 2.10. The molecule has 0 spiro atoms. The molecule has 0 aliphatic heterocycles. The second-order valence-corrected chi connectivity index (χ2v) is 3.88. The van der Waals surface area contributed by atoms with Gasteiger partial charge in [-0.15, -0.1) is 0 Å². The zero-order chi connectivity index (χ0) is 10.8. The van der Waals surface area contributed by atoms with Crippen LogP contribution in [0.25, 0.3) is 11.3 Å². The van der Waals surface area contributed by atoms with E-state index in [-0.39, 0.29) is 5.75 Å². The number of aromatic nitrogens is 2. The van der Waals surface area contributed by atoms with Crippen molar-refractivity contribution in [3.05, 3.63) is 35.2 Å². The van der Waals surface area contributed by atoms with Gasteiger partial charge >= 0.3 is 0 Å². The van der Waals surface area contributed by atoms with Gasteiger partial charge in [0.05, 0.1) is 11.9 Å². The predicted octanol–water partition coefficient (Wildman–Crippen LogP) is 3.04. The van der Waals surface area contributed by atoms with E-state index in [0.717, 1.165) is 22.5 Å². The van der Waals surface area contributed by atoms with Crippen LogP contribution in [0.2, 0.25) is 0 Å². The number of aromatic hydroxyl groups is 1. The van der Waals surface area contributed by atoms with Gasteiger partial charge in [-0.1, -0.05) is 12.1 Å². The first-order valence-electron chi connectivity index (χ1n) is 4.73. The lowest BCUT2D eigenvalue weighted by molar-refractivity contribution is 0.476. The van der Waals surface area contributed by atoms with Crippen molar-refractivity contribution in [2.45, 2.75) is 13.5 Å². The fraction of sp³-hybridized carbons (Fsp3) is 0.182. The van der Waals surface area contributed by atoms with E-state index >= 15 is 0 Å². The van der Waals surface area contributed by atoms with E-state index in [1.165, 1.54) is 0 Å². The SMILES string of the molecule is CCn1c(-c2ccccc2O)cnc1Br. The Balaban J connectivity index is 2.59. The standard InChI is InChI=1S/C11H11BrN2O/c1-2-14-9(7-13-11(14)12)8-5-3-4-6-10(8)15/h3-7,15H,2H2,1H3. The van der Waals surface area contributed by atoms with Crippen molar-refractivity contribution < 1.29 is 5.11 Å². The predicted molar refractivity (Wildman–Crippen MR) is 62.7 cm³/mol. The van der Waals surface area contributed by atoms with Gasteiger partial charge in [-0.25, -0.2) is 4.98 Å². The Morgan fingerprint density at radius 2 is 2.13 bits per heavy atom. The zero-order valence-electron chi connectivity index (χ0n) is 8.31. The number of phenols is 1. The molecule has 0 bridgehead atoms. The van der Waals surface area contributed by atoms with Crippen molar-refractivity contribution in [1.29, 1.82) is 0 Å². The summed E-state index contributed by atoms with van der Waals surface area (Å²) in [7, 11) is 0. The summed E-state index contributed by atoms with van der Waals surface area (Å²) in [5.74, 6) is 0.277. The van der Waals surface area contributed by atoms with Gasteiger partial charge in [0.25, 0.3) is 0 Å². The number of nitrogens with zero attached hydrogens (tertiary/aromatic N) is 2. The average Bonchev–Trinajstić information content (AvgIpc) is 2.60. The highest BCUT2D eigenvalue weighted by atomic mass is 79.9. The Labute approximate surface area is 96.5 Å². The summed E-state index contributed by atoms with van der Waals surface area (Å²) in [4.78, 5) is 4.17. The van der Waals surface area contributed by atoms with Crippen molar-refractivity contribution in [1.82, 2.24) is 9.55 Å². The lowest BCUT2D eigenvalue weighted by Crippen LogP contribution is -1.97. The summed E-state index contributed by atoms with van der Waals surface area (Å²) >= 11 is 3.37. The molecule has 2 aromatic rings. The van der Waals surface area contributed by atoms with Gasteiger partial charge in [0.15, 0.2) is 4.73 Å². The number of para-hydroxylation sites is 1. The third kappa shape index (κ3) is 1.77. The number of benzene rings is 1. The van der Waals surface area contributed by atoms with Gasteiger partial charge < -0.3 is 9.67 Å². The maximum Gasteiger partial charge on any atom is 0.177 e. The van der Waals surface area contributed by atoms with Gasteiger partial charge in [0.2, 0.25) is 0 Å². The van der Waals surface area contributed by atoms with Gasteiger partial charge in [0, 0.05) is 12.1 Å². The Morgan fingerprint density at radius 3 is 2.80 bits per heavy atom. The number of imidazole rings is 1. The molecular formula is C11H11BrN2O. The first-order valence-corrected chi connectivity index (χ1v) is 5.52. The van der Waals surface area contributed by atoms with Crippen molar-refractivity contribution in [3.63, 3.8) is 0 Å². The number of rotatable bonds is 2. The molecule has 78 valence electrons. The van der Waals surface area contributed by atoms with Gasteiger partial charge in [-0.05, 0) is 35.0 Å².